The number of sulfonamides is 1. The second-order valence-electron chi connectivity index (χ2n) is 3.91. The van der Waals surface area contributed by atoms with E-state index in [0.29, 0.717) is 0 Å². The summed E-state index contributed by atoms with van der Waals surface area (Å²) in [7, 11) is -4.07. The number of esters is 1. The molecule has 1 aromatic carbocycles. The third kappa shape index (κ3) is 3.99. The first-order valence-electron chi connectivity index (χ1n) is 5.62. The molecule has 0 saturated carbocycles. The molecule has 112 valence electrons. The van der Waals surface area contributed by atoms with Crippen molar-refractivity contribution in [3.8, 4) is 0 Å². The minimum absolute atomic E-state index is 0.126. The van der Waals surface area contributed by atoms with Gasteiger partial charge in [-0.15, -0.1) is 0 Å². The van der Waals surface area contributed by atoms with E-state index >= 15 is 0 Å². The van der Waals surface area contributed by atoms with Gasteiger partial charge in [0.15, 0.2) is 0 Å². The molecule has 0 aliphatic carbocycles. The molecule has 1 atom stereocenters. The van der Waals surface area contributed by atoms with Crippen LogP contribution in [0.4, 0.5) is 5.69 Å². The Kier molecular flexibility index (Phi) is 5.64. The van der Waals surface area contributed by atoms with E-state index in [1.54, 1.807) is 6.92 Å². The molecule has 20 heavy (non-hydrogen) atoms. The smallest absolute Gasteiger partial charge is 0.323 e. The highest BCUT2D eigenvalue weighted by Gasteiger charge is 2.27. The summed E-state index contributed by atoms with van der Waals surface area (Å²) < 4.78 is 31.2. The molecule has 0 fully saturated rings. The topological polar surface area (TPSA) is 98.5 Å². The van der Waals surface area contributed by atoms with E-state index in [-0.39, 0.29) is 27.2 Å². The van der Waals surface area contributed by atoms with E-state index in [1.165, 1.54) is 19.1 Å². The van der Waals surface area contributed by atoms with Crippen molar-refractivity contribution in [2.45, 2.75) is 24.8 Å². The van der Waals surface area contributed by atoms with Gasteiger partial charge in [0.05, 0.1) is 16.7 Å². The number of nitrogens with two attached hydrogens (primary N) is 1. The minimum atomic E-state index is -4.07. The average Bonchev–Trinajstić information content (AvgIpc) is 2.26. The van der Waals surface area contributed by atoms with Gasteiger partial charge in [-0.2, -0.15) is 4.72 Å². The predicted octanol–water partition coefficient (Wildman–Crippen LogP) is 1.81. The lowest BCUT2D eigenvalue weighted by Crippen LogP contribution is -2.39. The highest BCUT2D eigenvalue weighted by molar-refractivity contribution is 7.89. The number of ether oxygens (including phenoxy) is 1. The summed E-state index contributed by atoms with van der Waals surface area (Å²) in [5.41, 5.74) is 5.74. The Labute approximate surface area is 127 Å². The van der Waals surface area contributed by atoms with Crippen molar-refractivity contribution < 1.29 is 17.9 Å². The molecule has 0 aromatic heterocycles. The van der Waals surface area contributed by atoms with E-state index in [2.05, 4.69) is 4.72 Å². The Balaban J connectivity index is 3.10. The molecule has 6 nitrogen and oxygen atoms in total. The maximum Gasteiger partial charge on any atom is 0.323 e. The van der Waals surface area contributed by atoms with Crippen molar-refractivity contribution in [2.24, 2.45) is 0 Å². The van der Waals surface area contributed by atoms with Crippen LogP contribution in [-0.2, 0) is 19.6 Å². The largest absolute Gasteiger partial charge is 0.465 e. The van der Waals surface area contributed by atoms with Crippen molar-refractivity contribution in [1.29, 1.82) is 0 Å². The van der Waals surface area contributed by atoms with Gasteiger partial charge in [-0.1, -0.05) is 23.2 Å². The van der Waals surface area contributed by atoms with E-state index in [0.717, 1.165) is 0 Å². The summed E-state index contributed by atoms with van der Waals surface area (Å²) in [6, 6.07) is 1.46. The van der Waals surface area contributed by atoms with Crippen LogP contribution in [0.2, 0.25) is 10.0 Å². The summed E-state index contributed by atoms with van der Waals surface area (Å²) in [6.45, 7) is 3.12. The number of benzene rings is 1. The third-order valence-corrected chi connectivity index (χ3v) is 4.72. The highest BCUT2D eigenvalue weighted by Crippen LogP contribution is 2.31. The first-order chi connectivity index (χ1) is 9.19. The SMILES string of the molecule is CCOC(=O)C(C)NS(=O)(=O)c1c(Cl)cc(N)cc1Cl. The molecule has 0 saturated heterocycles. The third-order valence-electron chi connectivity index (χ3n) is 2.26. The Bertz CT molecular complexity index is 596. The average molecular weight is 341 g/mol. The summed E-state index contributed by atoms with van der Waals surface area (Å²) in [6.07, 6.45) is 0. The van der Waals surface area contributed by atoms with Gasteiger partial charge in [0, 0.05) is 5.69 Å². The molecule has 0 amide bonds. The van der Waals surface area contributed by atoms with Gasteiger partial charge in [0.2, 0.25) is 10.0 Å². The number of anilines is 1. The number of halogens is 2. The number of hydrogen-bond acceptors (Lipinski definition) is 5. The van der Waals surface area contributed by atoms with Gasteiger partial charge in [-0.25, -0.2) is 8.42 Å². The zero-order valence-electron chi connectivity index (χ0n) is 10.8. The van der Waals surface area contributed by atoms with Crippen molar-refractivity contribution in [2.75, 3.05) is 12.3 Å². The van der Waals surface area contributed by atoms with Crippen LogP contribution in [0.3, 0.4) is 0 Å². The Morgan fingerprint density at radius 2 is 1.90 bits per heavy atom. The lowest BCUT2D eigenvalue weighted by atomic mass is 10.3. The van der Waals surface area contributed by atoms with Gasteiger partial charge in [0.25, 0.3) is 0 Å². The lowest BCUT2D eigenvalue weighted by Gasteiger charge is -2.15. The van der Waals surface area contributed by atoms with Crippen molar-refractivity contribution in [3.05, 3.63) is 22.2 Å². The van der Waals surface area contributed by atoms with Gasteiger partial charge in [0.1, 0.15) is 10.9 Å². The van der Waals surface area contributed by atoms with Crippen LogP contribution in [0.1, 0.15) is 13.8 Å². The molecule has 1 aromatic rings. The fraction of sp³-hybridized carbons (Fsp3) is 0.364. The number of nitrogens with one attached hydrogen (secondary N) is 1. The molecule has 0 radical (unpaired) electrons. The van der Waals surface area contributed by atoms with Crippen LogP contribution < -0.4 is 10.5 Å². The van der Waals surface area contributed by atoms with Crippen LogP contribution in [0.5, 0.6) is 0 Å². The van der Waals surface area contributed by atoms with Crippen LogP contribution >= 0.6 is 23.2 Å². The molecular weight excluding hydrogens is 327 g/mol. The zero-order valence-corrected chi connectivity index (χ0v) is 13.1. The fourth-order valence-electron chi connectivity index (χ4n) is 1.44. The summed E-state index contributed by atoms with van der Waals surface area (Å²) >= 11 is 11.7. The standard InChI is InChI=1S/C11H14Cl2N2O4S/c1-3-19-11(16)6(2)15-20(17,18)10-8(12)4-7(14)5-9(10)13/h4-6,15H,3,14H2,1-2H3. The summed E-state index contributed by atoms with van der Waals surface area (Å²) in [4.78, 5) is 11.1. The monoisotopic (exact) mass is 340 g/mol. The Hall–Kier alpha value is -1.02. The number of nitrogen functional groups attached to an aromatic ring is 1. The van der Waals surface area contributed by atoms with Gasteiger partial charge in [-0.3, -0.25) is 4.79 Å². The minimum Gasteiger partial charge on any atom is -0.465 e. The quantitative estimate of drug-likeness (QED) is 0.629. The first kappa shape index (κ1) is 17.0. The van der Waals surface area contributed by atoms with Gasteiger partial charge in [-0.05, 0) is 26.0 Å². The zero-order chi connectivity index (χ0) is 15.5. The normalized spacial score (nSPS) is 13.0. The number of carbonyl (C=O) groups excluding carboxylic acids is 1. The predicted molar refractivity (Wildman–Crippen MR) is 77.3 cm³/mol. The highest BCUT2D eigenvalue weighted by atomic mass is 35.5. The van der Waals surface area contributed by atoms with Crippen molar-refractivity contribution in [3.63, 3.8) is 0 Å². The van der Waals surface area contributed by atoms with E-state index in [9.17, 15) is 13.2 Å². The Morgan fingerprint density at radius 1 is 1.40 bits per heavy atom. The summed E-state index contributed by atoms with van der Waals surface area (Å²) in [5.74, 6) is -0.696. The molecule has 0 bridgehead atoms. The van der Waals surface area contributed by atoms with E-state index < -0.39 is 22.0 Å². The number of hydrogen-bond donors (Lipinski definition) is 2. The first-order valence-corrected chi connectivity index (χ1v) is 7.86. The van der Waals surface area contributed by atoms with E-state index in [1.807, 2.05) is 0 Å². The number of rotatable bonds is 5. The van der Waals surface area contributed by atoms with Crippen molar-refractivity contribution >= 4 is 44.9 Å². The molecule has 0 spiro atoms. The van der Waals surface area contributed by atoms with Gasteiger partial charge >= 0.3 is 5.97 Å². The lowest BCUT2D eigenvalue weighted by molar-refractivity contribution is -0.144. The molecule has 1 unspecified atom stereocenters. The van der Waals surface area contributed by atoms with Crippen LogP contribution in [0.25, 0.3) is 0 Å². The van der Waals surface area contributed by atoms with Crippen LogP contribution in [0, 0.1) is 0 Å². The molecule has 0 heterocycles. The summed E-state index contributed by atoms with van der Waals surface area (Å²) in [5, 5.41) is -0.253. The van der Waals surface area contributed by atoms with E-state index in [4.69, 9.17) is 33.7 Å². The van der Waals surface area contributed by atoms with Crippen LogP contribution in [-0.4, -0.2) is 27.0 Å². The van der Waals surface area contributed by atoms with Crippen LogP contribution in [0.15, 0.2) is 17.0 Å². The molecule has 3 N–H and O–H groups in total. The van der Waals surface area contributed by atoms with Crippen molar-refractivity contribution in [1.82, 2.24) is 4.72 Å². The Morgan fingerprint density at radius 3 is 2.35 bits per heavy atom. The second-order valence-corrected chi connectivity index (χ2v) is 6.37. The maximum atomic E-state index is 12.2. The molecule has 9 heteroatoms. The molecule has 0 aliphatic heterocycles. The second kappa shape index (κ2) is 6.62. The van der Waals surface area contributed by atoms with Gasteiger partial charge < -0.3 is 10.5 Å². The molecule has 0 aliphatic rings. The fourth-order valence-corrected chi connectivity index (χ4v) is 3.87. The molecule has 1 rings (SSSR count). The maximum absolute atomic E-state index is 12.2. The molecular formula is C11H14Cl2N2O4S. The number of carbonyl (C=O) groups is 1.